The number of nitrogens with one attached hydrogen (secondary N) is 1. The summed E-state index contributed by atoms with van der Waals surface area (Å²) in [6, 6.07) is 8.12. The van der Waals surface area contributed by atoms with Gasteiger partial charge in [0.05, 0.1) is 26.5 Å². The van der Waals surface area contributed by atoms with Crippen LogP contribution in [0.15, 0.2) is 46.0 Å². The van der Waals surface area contributed by atoms with E-state index in [0.717, 1.165) is 22.1 Å². The van der Waals surface area contributed by atoms with Gasteiger partial charge in [-0.1, -0.05) is 0 Å². The maximum absolute atomic E-state index is 13.3. The maximum atomic E-state index is 13.3. The first-order valence-electron chi connectivity index (χ1n) is 9.36. The molecule has 8 nitrogen and oxygen atoms in total. The molecule has 1 aromatic heterocycles. The normalized spacial score (nSPS) is 15.5. The van der Waals surface area contributed by atoms with Crippen LogP contribution in [0.5, 0.6) is 17.4 Å². The highest BCUT2D eigenvalue weighted by molar-refractivity contribution is 5.51. The Labute approximate surface area is 170 Å². The summed E-state index contributed by atoms with van der Waals surface area (Å²) in [4.78, 5) is 27.4. The fourth-order valence-electron chi connectivity index (χ4n) is 3.90. The van der Waals surface area contributed by atoms with Crippen molar-refractivity contribution in [3.63, 3.8) is 0 Å². The predicted molar refractivity (Wildman–Crippen MR) is 106 cm³/mol. The van der Waals surface area contributed by atoms with Gasteiger partial charge in [0.15, 0.2) is 11.5 Å². The van der Waals surface area contributed by atoms with E-state index in [1.165, 1.54) is 31.4 Å². The molecule has 0 radical (unpaired) electrons. The number of aromatic nitrogens is 2. The SMILES string of the molecule is COc1cc2c(cc1OC)[C@H](c1c(O)n(-c3ccc(F)cc3)c(=O)[nH]c1=O)[NH2+]CC2. The second-order valence-electron chi connectivity index (χ2n) is 6.97. The van der Waals surface area contributed by atoms with Gasteiger partial charge in [-0.3, -0.25) is 9.78 Å². The molecule has 0 saturated heterocycles. The summed E-state index contributed by atoms with van der Waals surface area (Å²) in [5.74, 6) is 0.108. The van der Waals surface area contributed by atoms with Gasteiger partial charge >= 0.3 is 5.69 Å². The largest absolute Gasteiger partial charge is 0.494 e. The van der Waals surface area contributed by atoms with Gasteiger partial charge in [-0.25, -0.2) is 13.8 Å². The first-order chi connectivity index (χ1) is 14.4. The van der Waals surface area contributed by atoms with E-state index in [1.807, 2.05) is 11.4 Å². The Kier molecular flexibility index (Phi) is 5.04. The minimum atomic E-state index is -0.809. The highest BCUT2D eigenvalue weighted by Crippen LogP contribution is 2.36. The molecule has 2 heterocycles. The number of methoxy groups -OCH3 is 2. The van der Waals surface area contributed by atoms with Crippen molar-refractivity contribution in [3.05, 3.63) is 79.7 Å². The minimum Gasteiger partial charge on any atom is -0.494 e. The Morgan fingerprint density at radius 1 is 1.13 bits per heavy atom. The molecule has 0 amide bonds. The van der Waals surface area contributed by atoms with Crippen LogP contribution in [-0.4, -0.2) is 35.4 Å². The van der Waals surface area contributed by atoms with Gasteiger partial charge in [-0.05, 0) is 42.0 Å². The van der Waals surface area contributed by atoms with Crippen LogP contribution in [0.3, 0.4) is 0 Å². The summed E-state index contributed by atoms with van der Waals surface area (Å²) in [6.07, 6.45) is 0.739. The fourth-order valence-corrected chi connectivity index (χ4v) is 3.90. The van der Waals surface area contributed by atoms with Gasteiger partial charge in [-0.2, -0.15) is 0 Å². The van der Waals surface area contributed by atoms with E-state index >= 15 is 0 Å². The van der Waals surface area contributed by atoms with Crippen LogP contribution in [0.1, 0.15) is 22.7 Å². The lowest BCUT2D eigenvalue weighted by Crippen LogP contribution is -2.87. The maximum Gasteiger partial charge on any atom is 0.335 e. The number of benzene rings is 2. The minimum absolute atomic E-state index is 0.0343. The van der Waals surface area contributed by atoms with Crippen LogP contribution in [-0.2, 0) is 6.42 Å². The number of hydrogen-bond donors (Lipinski definition) is 3. The van der Waals surface area contributed by atoms with Crippen molar-refractivity contribution in [1.29, 1.82) is 0 Å². The number of ether oxygens (including phenoxy) is 2. The molecule has 9 heteroatoms. The van der Waals surface area contributed by atoms with E-state index in [-0.39, 0.29) is 11.3 Å². The van der Waals surface area contributed by atoms with Crippen molar-refractivity contribution in [3.8, 4) is 23.1 Å². The molecule has 4 N–H and O–H groups in total. The van der Waals surface area contributed by atoms with Crippen LogP contribution >= 0.6 is 0 Å². The Balaban J connectivity index is 1.93. The quantitative estimate of drug-likeness (QED) is 0.579. The Bertz CT molecular complexity index is 1220. The highest BCUT2D eigenvalue weighted by atomic mass is 19.1. The van der Waals surface area contributed by atoms with E-state index in [0.29, 0.717) is 18.0 Å². The van der Waals surface area contributed by atoms with E-state index in [1.54, 1.807) is 13.2 Å². The highest BCUT2D eigenvalue weighted by Gasteiger charge is 2.33. The summed E-state index contributed by atoms with van der Waals surface area (Å²) >= 11 is 0. The second kappa shape index (κ2) is 7.68. The summed E-state index contributed by atoms with van der Waals surface area (Å²) < 4.78 is 25.0. The number of halogens is 1. The first kappa shape index (κ1) is 19.7. The van der Waals surface area contributed by atoms with Gasteiger partial charge in [0.2, 0.25) is 5.88 Å². The third-order valence-corrected chi connectivity index (χ3v) is 5.31. The Hall–Kier alpha value is -3.59. The zero-order chi connectivity index (χ0) is 21.4. The summed E-state index contributed by atoms with van der Waals surface area (Å²) in [5, 5.41) is 12.9. The molecule has 156 valence electrons. The molecular weight excluding hydrogens is 393 g/mol. The molecule has 1 aliphatic rings. The van der Waals surface area contributed by atoms with Gasteiger partial charge in [-0.15, -0.1) is 0 Å². The number of fused-ring (bicyclic) bond motifs is 1. The number of aromatic amines is 1. The predicted octanol–water partition coefficient (Wildman–Crippen LogP) is 0.597. The van der Waals surface area contributed by atoms with E-state index in [9.17, 15) is 19.1 Å². The second-order valence-corrected chi connectivity index (χ2v) is 6.97. The molecule has 0 aliphatic carbocycles. The zero-order valence-corrected chi connectivity index (χ0v) is 16.4. The number of quaternary nitrogens is 1. The number of hydrogen-bond acceptors (Lipinski definition) is 5. The van der Waals surface area contributed by atoms with Gasteiger partial charge in [0.1, 0.15) is 17.4 Å². The van der Waals surface area contributed by atoms with Crippen molar-refractivity contribution in [2.45, 2.75) is 12.5 Å². The van der Waals surface area contributed by atoms with Crippen LogP contribution < -0.4 is 26.0 Å². The summed E-state index contributed by atoms with van der Waals surface area (Å²) in [7, 11) is 3.07. The molecule has 4 rings (SSSR count). The molecule has 1 atom stereocenters. The number of nitrogens with two attached hydrogens (primary N) is 1. The van der Waals surface area contributed by atoms with Crippen molar-refractivity contribution < 1.29 is 24.3 Å². The zero-order valence-electron chi connectivity index (χ0n) is 16.4. The van der Waals surface area contributed by atoms with Gasteiger partial charge in [0, 0.05) is 12.0 Å². The van der Waals surface area contributed by atoms with Gasteiger partial charge < -0.3 is 19.9 Å². The van der Waals surface area contributed by atoms with E-state index in [4.69, 9.17) is 9.47 Å². The lowest BCUT2D eigenvalue weighted by atomic mass is 9.90. The average Bonchev–Trinajstić information content (AvgIpc) is 2.73. The Morgan fingerprint density at radius 3 is 2.47 bits per heavy atom. The number of rotatable bonds is 4. The van der Waals surface area contributed by atoms with Crippen molar-refractivity contribution in [2.24, 2.45) is 0 Å². The smallest absolute Gasteiger partial charge is 0.335 e. The molecular formula is C21H21FN3O5+. The molecule has 1 aliphatic heterocycles. The lowest BCUT2D eigenvalue weighted by molar-refractivity contribution is -0.690. The van der Waals surface area contributed by atoms with E-state index in [2.05, 4.69) is 4.98 Å². The van der Waals surface area contributed by atoms with Gasteiger partial charge in [0.25, 0.3) is 5.56 Å². The van der Waals surface area contributed by atoms with Crippen molar-refractivity contribution in [2.75, 3.05) is 20.8 Å². The molecule has 0 saturated carbocycles. The first-order valence-corrected chi connectivity index (χ1v) is 9.36. The lowest BCUT2D eigenvalue weighted by Gasteiger charge is -2.26. The number of H-pyrrole nitrogens is 1. The van der Waals surface area contributed by atoms with E-state index < -0.39 is 29.0 Å². The standard InChI is InChI=1S/C21H20FN3O5/c1-29-15-9-11-7-8-23-18(14(11)10-16(15)30-2)17-19(26)24-21(28)25(20(17)27)13-5-3-12(22)4-6-13/h3-6,9-10,18,23,27H,7-8H2,1-2H3,(H,24,26,28)/p+1/t18-/m1/s1. The third-order valence-electron chi connectivity index (χ3n) is 5.31. The number of aromatic hydroxyl groups is 1. The van der Waals surface area contributed by atoms with Crippen LogP contribution in [0, 0.1) is 5.82 Å². The summed E-state index contributed by atoms with van der Waals surface area (Å²) in [6.45, 7) is 0.668. The third kappa shape index (κ3) is 3.22. The topological polar surface area (TPSA) is 110 Å². The average molecular weight is 414 g/mol. The molecule has 3 aromatic rings. The number of nitrogens with zero attached hydrogens (tertiary/aromatic N) is 1. The molecule has 0 bridgehead atoms. The van der Waals surface area contributed by atoms with Crippen molar-refractivity contribution in [1.82, 2.24) is 9.55 Å². The van der Waals surface area contributed by atoms with Crippen molar-refractivity contribution >= 4 is 0 Å². The summed E-state index contributed by atoms with van der Waals surface area (Å²) in [5.41, 5.74) is 0.519. The molecule has 0 unspecified atom stereocenters. The molecule has 2 aromatic carbocycles. The molecule has 0 fully saturated rings. The van der Waals surface area contributed by atoms with Crippen LogP contribution in [0.4, 0.5) is 4.39 Å². The van der Waals surface area contributed by atoms with Crippen LogP contribution in [0.25, 0.3) is 5.69 Å². The monoisotopic (exact) mass is 414 g/mol. The fraction of sp³-hybridized carbons (Fsp3) is 0.238. The molecule has 0 spiro atoms. The molecule has 30 heavy (non-hydrogen) atoms. The Morgan fingerprint density at radius 2 is 1.80 bits per heavy atom. The van der Waals surface area contributed by atoms with Crippen LogP contribution in [0.2, 0.25) is 0 Å².